The normalized spacial score (nSPS) is 10.3. The zero-order chi connectivity index (χ0) is 18.1. The second kappa shape index (κ2) is 9.52. The van der Waals surface area contributed by atoms with Gasteiger partial charge in [-0.1, -0.05) is 18.1 Å². The Bertz CT molecular complexity index is 713. The van der Waals surface area contributed by atoms with Gasteiger partial charge in [-0.05, 0) is 17.9 Å². The molecule has 0 fully saturated rings. The van der Waals surface area contributed by atoms with Crippen molar-refractivity contribution in [3.63, 3.8) is 0 Å². The summed E-state index contributed by atoms with van der Waals surface area (Å²) in [6.45, 7) is 1.82. The fourth-order valence-electron chi connectivity index (χ4n) is 1.73. The van der Waals surface area contributed by atoms with Gasteiger partial charge in [-0.15, -0.1) is 11.3 Å². The molecule has 0 spiro atoms. The third kappa shape index (κ3) is 6.34. The molecule has 134 valence electrons. The number of esters is 1. The van der Waals surface area contributed by atoms with Crippen LogP contribution in [0.4, 0.5) is 4.79 Å². The standard InChI is InChI=1S/C15H18N4O5S/c1-2-7-16-15(22)17-11(20)9-23-13(21)6-5-12-18-14(19-24-12)10-4-3-8-25-10/h3-4,8H,2,5-7,9H2,1H3,(H2,16,17,20,22). The number of carbonyl (C=O) groups is 3. The summed E-state index contributed by atoms with van der Waals surface area (Å²) in [5, 5.41) is 10.3. The number of aromatic nitrogens is 2. The number of hydrogen-bond donors (Lipinski definition) is 2. The van der Waals surface area contributed by atoms with Crippen molar-refractivity contribution in [2.24, 2.45) is 0 Å². The minimum absolute atomic E-state index is 0.0125. The molecule has 0 saturated heterocycles. The van der Waals surface area contributed by atoms with Crippen LogP contribution >= 0.6 is 11.3 Å². The first-order chi connectivity index (χ1) is 12.1. The molecule has 2 heterocycles. The molecule has 2 aromatic rings. The number of nitrogens with one attached hydrogen (secondary N) is 2. The van der Waals surface area contributed by atoms with Gasteiger partial charge in [0.2, 0.25) is 11.7 Å². The highest BCUT2D eigenvalue weighted by molar-refractivity contribution is 7.13. The zero-order valence-electron chi connectivity index (χ0n) is 13.6. The first kappa shape index (κ1) is 18.6. The van der Waals surface area contributed by atoms with E-state index in [4.69, 9.17) is 9.26 Å². The van der Waals surface area contributed by atoms with E-state index in [1.165, 1.54) is 11.3 Å². The summed E-state index contributed by atoms with van der Waals surface area (Å²) in [4.78, 5) is 39.4. The lowest BCUT2D eigenvalue weighted by atomic mass is 10.3. The van der Waals surface area contributed by atoms with Crippen molar-refractivity contribution < 1.29 is 23.6 Å². The van der Waals surface area contributed by atoms with E-state index in [2.05, 4.69) is 20.8 Å². The third-order valence-corrected chi connectivity index (χ3v) is 3.77. The first-order valence-electron chi connectivity index (χ1n) is 7.68. The maximum absolute atomic E-state index is 11.6. The smallest absolute Gasteiger partial charge is 0.321 e. The van der Waals surface area contributed by atoms with E-state index in [1.807, 2.05) is 24.4 Å². The van der Waals surface area contributed by atoms with E-state index in [9.17, 15) is 14.4 Å². The average molecular weight is 366 g/mol. The van der Waals surface area contributed by atoms with Crippen LogP contribution in [0.25, 0.3) is 10.7 Å². The minimum atomic E-state index is -0.695. The molecule has 0 unspecified atom stereocenters. The van der Waals surface area contributed by atoms with Gasteiger partial charge in [0.05, 0.1) is 11.3 Å². The number of aryl methyl sites for hydroxylation is 1. The third-order valence-electron chi connectivity index (χ3n) is 2.91. The molecule has 2 rings (SSSR count). The molecule has 0 atom stereocenters. The Labute approximate surface area is 147 Å². The maximum atomic E-state index is 11.6. The fourth-order valence-corrected chi connectivity index (χ4v) is 2.38. The molecule has 25 heavy (non-hydrogen) atoms. The summed E-state index contributed by atoms with van der Waals surface area (Å²) in [5.74, 6) is -0.515. The zero-order valence-corrected chi connectivity index (χ0v) is 14.4. The number of thiophene rings is 1. The molecule has 0 aliphatic heterocycles. The van der Waals surface area contributed by atoms with Gasteiger partial charge < -0.3 is 14.6 Å². The highest BCUT2D eigenvalue weighted by Gasteiger charge is 2.14. The van der Waals surface area contributed by atoms with Gasteiger partial charge in [0.25, 0.3) is 5.91 Å². The predicted molar refractivity (Wildman–Crippen MR) is 88.7 cm³/mol. The summed E-state index contributed by atoms with van der Waals surface area (Å²) in [6, 6.07) is 3.12. The number of urea groups is 1. The highest BCUT2D eigenvalue weighted by Crippen LogP contribution is 2.21. The monoisotopic (exact) mass is 366 g/mol. The fraction of sp³-hybridized carbons (Fsp3) is 0.400. The van der Waals surface area contributed by atoms with Crippen molar-refractivity contribution >= 4 is 29.2 Å². The number of imide groups is 1. The SMILES string of the molecule is CCCNC(=O)NC(=O)COC(=O)CCc1nc(-c2cccs2)no1. The molecular weight excluding hydrogens is 348 g/mol. The summed E-state index contributed by atoms with van der Waals surface area (Å²) >= 11 is 1.48. The van der Waals surface area contributed by atoms with Crippen molar-refractivity contribution in [1.29, 1.82) is 0 Å². The molecule has 0 radical (unpaired) electrons. The Kier molecular flexibility index (Phi) is 7.08. The number of hydrogen-bond acceptors (Lipinski definition) is 8. The van der Waals surface area contributed by atoms with Gasteiger partial charge >= 0.3 is 12.0 Å². The maximum Gasteiger partial charge on any atom is 0.321 e. The Morgan fingerprint density at radius 1 is 1.36 bits per heavy atom. The van der Waals surface area contributed by atoms with Crippen LogP contribution in [0.15, 0.2) is 22.0 Å². The Hall–Kier alpha value is -2.75. The van der Waals surface area contributed by atoms with Crippen molar-refractivity contribution in [2.75, 3.05) is 13.2 Å². The molecule has 10 heteroatoms. The van der Waals surface area contributed by atoms with Crippen LogP contribution in [0.3, 0.4) is 0 Å². The van der Waals surface area contributed by atoms with E-state index in [-0.39, 0.29) is 12.8 Å². The Morgan fingerprint density at radius 3 is 2.92 bits per heavy atom. The van der Waals surface area contributed by atoms with Crippen molar-refractivity contribution in [3.05, 3.63) is 23.4 Å². The number of amides is 3. The minimum Gasteiger partial charge on any atom is -0.456 e. The number of ether oxygens (including phenoxy) is 1. The van der Waals surface area contributed by atoms with Gasteiger partial charge in [-0.25, -0.2) is 4.79 Å². The molecule has 0 saturated carbocycles. The average Bonchev–Trinajstić information content (AvgIpc) is 3.27. The molecule has 0 bridgehead atoms. The van der Waals surface area contributed by atoms with Crippen LogP contribution in [0, 0.1) is 0 Å². The van der Waals surface area contributed by atoms with Crippen LogP contribution in [0.2, 0.25) is 0 Å². The number of rotatable bonds is 8. The second-order valence-electron chi connectivity index (χ2n) is 4.95. The molecule has 2 N–H and O–H groups in total. The van der Waals surface area contributed by atoms with Crippen LogP contribution < -0.4 is 10.6 Å². The van der Waals surface area contributed by atoms with Gasteiger partial charge in [0.1, 0.15) is 0 Å². The summed E-state index contributed by atoms with van der Waals surface area (Å²) < 4.78 is 9.85. The van der Waals surface area contributed by atoms with Gasteiger partial charge in [-0.3, -0.25) is 14.9 Å². The Balaban J connectivity index is 1.67. The van der Waals surface area contributed by atoms with Crippen LogP contribution in [0.5, 0.6) is 0 Å². The highest BCUT2D eigenvalue weighted by atomic mass is 32.1. The van der Waals surface area contributed by atoms with E-state index in [1.54, 1.807) is 0 Å². The molecule has 0 aromatic carbocycles. The summed E-state index contributed by atoms with van der Waals surface area (Å²) in [7, 11) is 0. The van der Waals surface area contributed by atoms with Crippen LogP contribution in [-0.4, -0.2) is 41.2 Å². The van der Waals surface area contributed by atoms with Crippen molar-refractivity contribution in [1.82, 2.24) is 20.8 Å². The van der Waals surface area contributed by atoms with E-state index < -0.39 is 24.5 Å². The molecule has 9 nitrogen and oxygen atoms in total. The summed E-state index contributed by atoms with van der Waals surface area (Å²) in [6.07, 6.45) is 0.942. The summed E-state index contributed by atoms with van der Waals surface area (Å²) in [5.41, 5.74) is 0. The molecule has 3 amide bonds. The lowest BCUT2D eigenvalue weighted by Gasteiger charge is -2.06. The van der Waals surface area contributed by atoms with E-state index >= 15 is 0 Å². The number of nitrogens with zero attached hydrogens (tertiary/aromatic N) is 2. The molecule has 0 aliphatic carbocycles. The largest absolute Gasteiger partial charge is 0.456 e. The van der Waals surface area contributed by atoms with Gasteiger partial charge in [0, 0.05) is 13.0 Å². The Morgan fingerprint density at radius 2 is 2.20 bits per heavy atom. The van der Waals surface area contributed by atoms with Crippen LogP contribution in [-0.2, 0) is 20.7 Å². The molecule has 0 aliphatic rings. The van der Waals surface area contributed by atoms with Crippen molar-refractivity contribution in [2.45, 2.75) is 26.2 Å². The lowest BCUT2D eigenvalue weighted by Crippen LogP contribution is -2.41. The van der Waals surface area contributed by atoms with Crippen LogP contribution in [0.1, 0.15) is 25.7 Å². The lowest BCUT2D eigenvalue weighted by molar-refractivity contribution is -0.148. The number of carbonyl (C=O) groups excluding carboxylic acids is 3. The molecule has 2 aromatic heterocycles. The quantitative estimate of drug-likeness (QED) is 0.679. The predicted octanol–water partition coefficient (Wildman–Crippen LogP) is 1.51. The molecular formula is C15H18N4O5S. The van der Waals surface area contributed by atoms with E-state index in [0.29, 0.717) is 18.3 Å². The van der Waals surface area contributed by atoms with Crippen molar-refractivity contribution in [3.8, 4) is 10.7 Å². The van der Waals surface area contributed by atoms with E-state index in [0.717, 1.165) is 11.3 Å². The van der Waals surface area contributed by atoms with Gasteiger partial charge in [-0.2, -0.15) is 4.98 Å². The first-order valence-corrected chi connectivity index (χ1v) is 8.56. The second-order valence-corrected chi connectivity index (χ2v) is 5.90. The van der Waals surface area contributed by atoms with Gasteiger partial charge in [0.15, 0.2) is 6.61 Å². The topological polar surface area (TPSA) is 123 Å².